The topological polar surface area (TPSA) is 56.3 Å². The van der Waals surface area contributed by atoms with Crippen LogP contribution in [0.25, 0.3) is 0 Å². The summed E-state index contributed by atoms with van der Waals surface area (Å²) in [6.07, 6.45) is 3.46. The lowest BCUT2D eigenvalue weighted by Crippen LogP contribution is -2.25. The highest BCUT2D eigenvalue weighted by Crippen LogP contribution is 2.17. The molecular formula is C12H14BrNO3. The SMILES string of the molecule is CCOC(=O)C(CC)C(=O)c1cncc(Br)c1. The Kier molecular flexibility index (Phi) is 5.28. The summed E-state index contributed by atoms with van der Waals surface area (Å²) in [5.41, 5.74) is 0.416. The Labute approximate surface area is 109 Å². The molecule has 1 heterocycles. The number of ether oxygens (including phenoxy) is 1. The second-order valence-electron chi connectivity index (χ2n) is 3.47. The third-order valence-corrected chi connectivity index (χ3v) is 2.72. The first-order chi connectivity index (χ1) is 8.10. The van der Waals surface area contributed by atoms with Gasteiger partial charge in [-0.2, -0.15) is 0 Å². The first-order valence-corrected chi connectivity index (χ1v) is 6.20. The van der Waals surface area contributed by atoms with Crippen molar-refractivity contribution < 1.29 is 14.3 Å². The van der Waals surface area contributed by atoms with Crippen molar-refractivity contribution >= 4 is 27.7 Å². The molecule has 1 unspecified atom stereocenters. The van der Waals surface area contributed by atoms with Crippen LogP contribution in [0, 0.1) is 5.92 Å². The quantitative estimate of drug-likeness (QED) is 0.476. The van der Waals surface area contributed by atoms with Gasteiger partial charge in [0.25, 0.3) is 0 Å². The summed E-state index contributed by atoms with van der Waals surface area (Å²) in [5, 5.41) is 0. The maximum absolute atomic E-state index is 12.1. The summed E-state index contributed by atoms with van der Waals surface area (Å²) in [6.45, 7) is 3.78. The number of aromatic nitrogens is 1. The van der Waals surface area contributed by atoms with Crippen molar-refractivity contribution in [2.24, 2.45) is 5.92 Å². The normalized spacial score (nSPS) is 11.9. The number of ketones is 1. The monoisotopic (exact) mass is 299 g/mol. The molecule has 4 nitrogen and oxygen atoms in total. The van der Waals surface area contributed by atoms with Gasteiger partial charge in [0, 0.05) is 22.4 Å². The number of Topliss-reactive ketones (excluding diaryl/α,β-unsaturated/α-hetero) is 1. The Morgan fingerprint density at radius 3 is 2.65 bits per heavy atom. The zero-order chi connectivity index (χ0) is 12.8. The lowest BCUT2D eigenvalue weighted by atomic mass is 9.96. The molecule has 0 aromatic carbocycles. The number of carbonyl (C=O) groups is 2. The van der Waals surface area contributed by atoms with Gasteiger partial charge in [-0.3, -0.25) is 14.6 Å². The van der Waals surface area contributed by atoms with Crippen molar-refractivity contribution in [2.45, 2.75) is 20.3 Å². The first-order valence-electron chi connectivity index (χ1n) is 5.41. The van der Waals surface area contributed by atoms with Gasteiger partial charge in [0.15, 0.2) is 5.78 Å². The van der Waals surface area contributed by atoms with Crippen molar-refractivity contribution in [1.82, 2.24) is 4.98 Å². The highest BCUT2D eigenvalue weighted by molar-refractivity contribution is 9.10. The molecule has 1 atom stereocenters. The predicted molar refractivity (Wildman–Crippen MR) is 66.7 cm³/mol. The summed E-state index contributed by atoms with van der Waals surface area (Å²) in [6, 6.07) is 1.65. The molecule has 0 amide bonds. The Morgan fingerprint density at radius 1 is 1.41 bits per heavy atom. The van der Waals surface area contributed by atoms with E-state index < -0.39 is 11.9 Å². The van der Waals surface area contributed by atoms with Crippen LogP contribution in [0.3, 0.4) is 0 Å². The summed E-state index contributed by atoms with van der Waals surface area (Å²) >= 11 is 3.24. The second-order valence-corrected chi connectivity index (χ2v) is 4.38. The average molecular weight is 300 g/mol. The van der Waals surface area contributed by atoms with Crippen LogP contribution >= 0.6 is 15.9 Å². The van der Waals surface area contributed by atoms with Gasteiger partial charge in [0.1, 0.15) is 5.92 Å². The maximum atomic E-state index is 12.1. The third kappa shape index (κ3) is 3.63. The molecule has 1 rings (SSSR count). The zero-order valence-electron chi connectivity index (χ0n) is 9.77. The molecule has 1 aromatic rings. The minimum Gasteiger partial charge on any atom is -0.465 e. The minimum absolute atomic E-state index is 0.250. The first kappa shape index (κ1) is 13.8. The standard InChI is InChI=1S/C12H14BrNO3/c1-3-10(12(16)17-4-2)11(15)8-5-9(13)7-14-6-8/h5-7,10H,3-4H2,1-2H3. The van der Waals surface area contributed by atoms with Crippen LogP contribution in [0.4, 0.5) is 0 Å². The van der Waals surface area contributed by atoms with E-state index in [1.807, 2.05) is 0 Å². The molecule has 0 spiro atoms. The largest absolute Gasteiger partial charge is 0.465 e. The molecule has 0 aliphatic heterocycles. The van der Waals surface area contributed by atoms with Gasteiger partial charge in [-0.1, -0.05) is 6.92 Å². The summed E-state index contributed by atoms with van der Waals surface area (Å²) in [4.78, 5) is 27.6. The van der Waals surface area contributed by atoms with E-state index in [1.54, 1.807) is 26.1 Å². The van der Waals surface area contributed by atoms with Crippen LogP contribution in [0.5, 0.6) is 0 Å². The van der Waals surface area contributed by atoms with Crippen LogP contribution in [0.1, 0.15) is 30.6 Å². The molecule has 0 saturated heterocycles. The van der Waals surface area contributed by atoms with Gasteiger partial charge < -0.3 is 4.74 Å². The molecule has 92 valence electrons. The minimum atomic E-state index is -0.744. The van der Waals surface area contributed by atoms with Gasteiger partial charge in [-0.25, -0.2) is 0 Å². The average Bonchev–Trinajstić information content (AvgIpc) is 2.30. The van der Waals surface area contributed by atoms with Crippen molar-refractivity contribution in [3.05, 3.63) is 28.5 Å². The molecule has 0 N–H and O–H groups in total. The van der Waals surface area contributed by atoms with Gasteiger partial charge in [0.2, 0.25) is 0 Å². The predicted octanol–water partition coefficient (Wildman–Crippen LogP) is 2.62. The molecule has 17 heavy (non-hydrogen) atoms. The van der Waals surface area contributed by atoms with E-state index in [1.165, 1.54) is 6.20 Å². The fourth-order valence-electron chi connectivity index (χ4n) is 1.45. The van der Waals surface area contributed by atoms with E-state index in [4.69, 9.17) is 4.74 Å². The molecule has 0 fully saturated rings. The Bertz CT molecular complexity index is 420. The van der Waals surface area contributed by atoms with E-state index in [0.29, 0.717) is 16.5 Å². The van der Waals surface area contributed by atoms with E-state index in [2.05, 4.69) is 20.9 Å². The Balaban J connectivity index is 2.90. The molecule has 0 aliphatic rings. The molecule has 0 radical (unpaired) electrons. The van der Waals surface area contributed by atoms with Crippen LogP contribution in [-0.2, 0) is 9.53 Å². The Hall–Kier alpha value is -1.23. The summed E-state index contributed by atoms with van der Waals surface area (Å²) in [5.74, 6) is -1.47. The number of nitrogens with zero attached hydrogens (tertiary/aromatic N) is 1. The van der Waals surface area contributed by atoms with Crippen LogP contribution < -0.4 is 0 Å². The van der Waals surface area contributed by atoms with E-state index >= 15 is 0 Å². The fourth-order valence-corrected chi connectivity index (χ4v) is 1.81. The number of hydrogen-bond acceptors (Lipinski definition) is 4. The molecule has 0 aliphatic carbocycles. The maximum Gasteiger partial charge on any atom is 0.316 e. The fraction of sp³-hybridized carbons (Fsp3) is 0.417. The highest BCUT2D eigenvalue weighted by atomic mass is 79.9. The van der Waals surface area contributed by atoms with E-state index in [0.717, 1.165) is 0 Å². The van der Waals surface area contributed by atoms with Crippen LogP contribution in [0.15, 0.2) is 22.9 Å². The van der Waals surface area contributed by atoms with E-state index in [9.17, 15) is 9.59 Å². The number of rotatable bonds is 5. The Morgan fingerprint density at radius 2 is 2.12 bits per heavy atom. The second kappa shape index (κ2) is 6.49. The van der Waals surface area contributed by atoms with Crippen molar-refractivity contribution in [3.63, 3.8) is 0 Å². The van der Waals surface area contributed by atoms with Gasteiger partial charge in [0.05, 0.1) is 6.61 Å². The number of esters is 1. The van der Waals surface area contributed by atoms with Gasteiger partial charge in [-0.05, 0) is 35.3 Å². The van der Waals surface area contributed by atoms with E-state index in [-0.39, 0.29) is 12.4 Å². The van der Waals surface area contributed by atoms with Crippen LogP contribution in [-0.4, -0.2) is 23.3 Å². The summed E-state index contributed by atoms with van der Waals surface area (Å²) in [7, 11) is 0. The van der Waals surface area contributed by atoms with Crippen molar-refractivity contribution in [1.29, 1.82) is 0 Å². The number of hydrogen-bond donors (Lipinski definition) is 0. The van der Waals surface area contributed by atoms with Gasteiger partial charge in [-0.15, -0.1) is 0 Å². The lowest BCUT2D eigenvalue weighted by Gasteiger charge is -2.12. The lowest BCUT2D eigenvalue weighted by molar-refractivity contribution is -0.146. The van der Waals surface area contributed by atoms with Crippen molar-refractivity contribution in [3.8, 4) is 0 Å². The molecule has 1 aromatic heterocycles. The number of halogens is 1. The molecule has 5 heteroatoms. The molecule has 0 saturated carbocycles. The zero-order valence-corrected chi connectivity index (χ0v) is 11.4. The number of pyridine rings is 1. The number of carbonyl (C=O) groups excluding carboxylic acids is 2. The molecular weight excluding hydrogens is 286 g/mol. The van der Waals surface area contributed by atoms with Crippen molar-refractivity contribution in [2.75, 3.05) is 6.61 Å². The highest BCUT2D eigenvalue weighted by Gasteiger charge is 2.27. The smallest absolute Gasteiger partial charge is 0.316 e. The van der Waals surface area contributed by atoms with Gasteiger partial charge >= 0.3 is 5.97 Å². The van der Waals surface area contributed by atoms with Crippen LogP contribution in [0.2, 0.25) is 0 Å². The molecule has 0 bridgehead atoms. The third-order valence-electron chi connectivity index (χ3n) is 2.29. The summed E-state index contributed by atoms with van der Waals surface area (Å²) < 4.78 is 5.59.